The number of rotatable bonds is 2. The summed E-state index contributed by atoms with van der Waals surface area (Å²) in [6.07, 6.45) is 7.16. The van der Waals surface area contributed by atoms with Gasteiger partial charge in [-0.3, -0.25) is 14.9 Å². The molecule has 146 valence electrons. The fourth-order valence-corrected chi connectivity index (χ4v) is 4.17. The van der Waals surface area contributed by atoms with Crippen LogP contribution in [0.25, 0.3) is 11.3 Å². The Hall–Kier alpha value is -3.48. The van der Waals surface area contributed by atoms with Crippen LogP contribution >= 0.6 is 0 Å². The maximum atomic E-state index is 13.3. The molecule has 0 aromatic carbocycles. The second kappa shape index (κ2) is 7.16. The molecule has 2 aliphatic heterocycles. The molecule has 29 heavy (non-hydrogen) atoms. The van der Waals surface area contributed by atoms with Crippen LogP contribution in [-0.4, -0.2) is 40.1 Å². The summed E-state index contributed by atoms with van der Waals surface area (Å²) in [4.78, 5) is 30.7. The zero-order chi connectivity index (χ0) is 19.8. The summed E-state index contributed by atoms with van der Waals surface area (Å²) in [5.41, 5.74) is 4.47. The summed E-state index contributed by atoms with van der Waals surface area (Å²) in [5.74, 6) is 0.717. The van der Waals surface area contributed by atoms with Crippen LogP contribution in [-0.2, 0) is 0 Å². The molecule has 7 heteroatoms. The van der Waals surface area contributed by atoms with E-state index in [4.69, 9.17) is 4.98 Å². The summed E-state index contributed by atoms with van der Waals surface area (Å²) in [6, 6.07) is 11.7. The van der Waals surface area contributed by atoms with E-state index in [1.54, 1.807) is 18.6 Å². The van der Waals surface area contributed by atoms with Crippen LogP contribution in [0, 0.1) is 6.92 Å². The molecule has 7 nitrogen and oxygen atoms in total. The average molecular weight is 386 g/mol. The van der Waals surface area contributed by atoms with Crippen molar-refractivity contribution in [3.8, 4) is 11.3 Å². The van der Waals surface area contributed by atoms with E-state index in [0.717, 1.165) is 48.6 Å². The first kappa shape index (κ1) is 17.6. The van der Waals surface area contributed by atoms with Crippen molar-refractivity contribution in [3.63, 3.8) is 0 Å². The largest absolute Gasteiger partial charge is 0.366 e. The number of amides is 2. The van der Waals surface area contributed by atoms with Crippen LogP contribution in [0.3, 0.4) is 0 Å². The number of hydrogen-bond acceptors (Lipinski definition) is 5. The predicted octanol–water partition coefficient (Wildman–Crippen LogP) is 3.87. The normalized spacial score (nSPS) is 17.6. The number of nitrogens with zero attached hydrogens (tertiary/aromatic N) is 5. The fourth-order valence-electron chi connectivity index (χ4n) is 4.17. The Bertz CT molecular complexity index is 1050. The first-order valence-corrected chi connectivity index (χ1v) is 9.88. The monoisotopic (exact) mass is 386 g/mol. The summed E-state index contributed by atoms with van der Waals surface area (Å²) in [7, 11) is 0. The van der Waals surface area contributed by atoms with Gasteiger partial charge in [0.1, 0.15) is 0 Å². The molecule has 0 aliphatic carbocycles. The van der Waals surface area contributed by atoms with Gasteiger partial charge in [-0.05, 0) is 56.2 Å². The van der Waals surface area contributed by atoms with Gasteiger partial charge >= 0.3 is 6.03 Å². The molecule has 1 atom stereocenters. The number of nitrogens with one attached hydrogen (secondary N) is 1. The lowest BCUT2D eigenvalue weighted by Crippen LogP contribution is -2.56. The molecular formula is C22H22N6O. The summed E-state index contributed by atoms with van der Waals surface area (Å²) < 4.78 is 0. The van der Waals surface area contributed by atoms with Crippen molar-refractivity contribution in [2.24, 2.45) is 0 Å². The fraction of sp³-hybridized carbons (Fsp3) is 0.273. The van der Waals surface area contributed by atoms with Gasteiger partial charge in [0.25, 0.3) is 0 Å². The molecule has 2 amide bonds. The van der Waals surface area contributed by atoms with Gasteiger partial charge in [-0.15, -0.1) is 0 Å². The number of urea groups is 1. The van der Waals surface area contributed by atoms with Gasteiger partial charge in [0.05, 0.1) is 29.3 Å². The Morgan fingerprint density at radius 1 is 1.21 bits per heavy atom. The van der Waals surface area contributed by atoms with Crippen LogP contribution in [0.2, 0.25) is 0 Å². The number of aryl methyl sites for hydroxylation is 1. The maximum Gasteiger partial charge on any atom is 0.327 e. The standard InChI is InChI=1S/C22H22N6O/c1-15-12-16(8-10-24-15)19-6-7-20-21(26-19)28(18-5-3-11-27(20)14-18)22(29)25-17-4-2-9-23-13-17/h2,4,6-10,12-13,18H,3,5,11,14H2,1H3,(H,25,29)/t18-/m0/s1. The number of aromatic nitrogens is 3. The number of hydrogen-bond donors (Lipinski definition) is 1. The van der Waals surface area contributed by atoms with Crippen molar-refractivity contribution >= 4 is 23.2 Å². The van der Waals surface area contributed by atoms with Crippen LogP contribution in [0.1, 0.15) is 18.5 Å². The van der Waals surface area contributed by atoms with Gasteiger partial charge in [0.15, 0.2) is 5.82 Å². The van der Waals surface area contributed by atoms with Crippen molar-refractivity contribution < 1.29 is 4.79 Å². The van der Waals surface area contributed by atoms with Crippen molar-refractivity contribution in [1.82, 2.24) is 15.0 Å². The Balaban J connectivity index is 1.56. The minimum Gasteiger partial charge on any atom is -0.366 e. The average Bonchev–Trinajstić information content (AvgIpc) is 2.74. The number of pyridine rings is 3. The first-order chi connectivity index (χ1) is 14.2. The lowest BCUT2D eigenvalue weighted by molar-refractivity contribution is 0.252. The van der Waals surface area contributed by atoms with Gasteiger partial charge in [-0.25, -0.2) is 9.78 Å². The molecule has 2 aliphatic rings. The highest BCUT2D eigenvalue weighted by Crippen LogP contribution is 2.39. The SMILES string of the molecule is Cc1cc(-c2ccc3c(n2)N(C(=O)Nc2cccnc2)[C@H]2CCCN3C2)ccn1. The van der Waals surface area contributed by atoms with E-state index in [-0.39, 0.29) is 12.1 Å². The van der Waals surface area contributed by atoms with Gasteiger partial charge < -0.3 is 10.2 Å². The molecule has 0 saturated carbocycles. The van der Waals surface area contributed by atoms with E-state index in [2.05, 4.69) is 26.3 Å². The molecule has 5 rings (SSSR count). The third kappa shape index (κ3) is 3.29. The molecule has 1 N–H and O–H groups in total. The molecule has 0 spiro atoms. The zero-order valence-corrected chi connectivity index (χ0v) is 16.2. The maximum absolute atomic E-state index is 13.3. The van der Waals surface area contributed by atoms with Crippen molar-refractivity contribution in [2.45, 2.75) is 25.8 Å². The molecular weight excluding hydrogens is 364 g/mol. The zero-order valence-electron chi connectivity index (χ0n) is 16.2. The number of carbonyl (C=O) groups excluding carboxylic acids is 1. The highest BCUT2D eigenvalue weighted by molar-refractivity contribution is 6.04. The first-order valence-electron chi connectivity index (χ1n) is 9.88. The molecule has 3 aromatic rings. The number of piperidine rings is 1. The minimum absolute atomic E-state index is 0.106. The van der Waals surface area contributed by atoms with Crippen LogP contribution in [0.5, 0.6) is 0 Å². The Kier molecular flexibility index (Phi) is 4.35. The van der Waals surface area contributed by atoms with Crippen LogP contribution < -0.4 is 15.1 Å². The van der Waals surface area contributed by atoms with Crippen molar-refractivity contribution in [3.05, 3.63) is 60.7 Å². The third-order valence-electron chi connectivity index (χ3n) is 5.51. The third-order valence-corrected chi connectivity index (χ3v) is 5.51. The van der Waals surface area contributed by atoms with E-state index >= 15 is 0 Å². The molecule has 2 bridgehead atoms. The summed E-state index contributed by atoms with van der Waals surface area (Å²) in [6.45, 7) is 3.80. The highest BCUT2D eigenvalue weighted by atomic mass is 16.2. The number of carbonyl (C=O) groups is 1. The van der Waals surface area contributed by atoms with Gasteiger partial charge in [0.2, 0.25) is 0 Å². The van der Waals surface area contributed by atoms with E-state index < -0.39 is 0 Å². The van der Waals surface area contributed by atoms with Crippen molar-refractivity contribution in [2.75, 3.05) is 28.2 Å². The summed E-state index contributed by atoms with van der Waals surface area (Å²) in [5, 5.41) is 2.98. The van der Waals surface area contributed by atoms with Gasteiger partial charge in [-0.2, -0.15) is 0 Å². The van der Waals surface area contributed by atoms with Crippen LogP contribution in [0.15, 0.2) is 55.0 Å². The Morgan fingerprint density at radius 2 is 2.14 bits per heavy atom. The second-order valence-corrected chi connectivity index (χ2v) is 7.51. The topological polar surface area (TPSA) is 74.2 Å². The second-order valence-electron chi connectivity index (χ2n) is 7.51. The van der Waals surface area contributed by atoms with E-state index in [0.29, 0.717) is 11.5 Å². The molecule has 5 heterocycles. The lowest BCUT2D eigenvalue weighted by Gasteiger charge is -2.45. The lowest BCUT2D eigenvalue weighted by atomic mass is 9.99. The van der Waals surface area contributed by atoms with Crippen molar-refractivity contribution in [1.29, 1.82) is 0 Å². The Labute approximate surface area is 169 Å². The molecule has 1 saturated heterocycles. The van der Waals surface area contributed by atoms with E-state index in [9.17, 15) is 4.79 Å². The predicted molar refractivity (Wildman–Crippen MR) is 113 cm³/mol. The molecule has 1 fully saturated rings. The number of fused-ring (bicyclic) bond motifs is 4. The van der Waals surface area contributed by atoms with E-state index in [1.807, 2.05) is 42.2 Å². The molecule has 0 unspecified atom stereocenters. The minimum atomic E-state index is -0.165. The quantitative estimate of drug-likeness (QED) is 0.724. The smallest absolute Gasteiger partial charge is 0.327 e. The molecule has 3 aromatic heterocycles. The number of anilines is 3. The van der Waals surface area contributed by atoms with Crippen LogP contribution in [0.4, 0.5) is 22.0 Å². The Morgan fingerprint density at radius 3 is 2.97 bits per heavy atom. The summed E-state index contributed by atoms with van der Waals surface area (Å²) >= 11 is 0. The highest BCUT2D eigenvalue weighted by Gasteiger charge is 2.38. The van der Waals surface area contributed by atoms with E-state index in [1.165, 1.54) is 0 Å². The van der Waals surface area contributed by atoms with Gasteiger partial charge in [0, 0.05) is 36.7 Å². The molecule has 0 radical (unpaired) electrons. The van der Waals surface area contributed by atoms with Gasteiger partial charge in [-0.1, -0.05) is 0 Å².